The van der Waals surface area contributed by atoms with Crippen LogP contribution < -0.4 is 5.32 Å². The molecule has 0 aromatic heterocycles. The molecule has 124 valence electrons. The van der Waals surface area contributed by atoms with Crippen LogP contribution in [0.1, 0.15) is 37.3 Å². The monoisotopic (exact) mass is 320 g/mol. The molecule has 1 aromatic rings. The van der Waals surface area contributed by atoms with Crippen LogP contribution in [0.2, 0.25) is 0 Å². The Morgan fingerprint density at radius 2 is 2.09 bits per heavy atom. The Hall–Kier alpha value is -1.95. The molecule has 2 fully saturated rings. The van der Waals surface area contributed by atoms with Gasteiger partial charge >= 0.3 is 0 Å². The molecule has 1 aliphatic carbocycles. The predicted octanol–water partition coefficient (Wildman–Crippen LogP) is 1.78. The molecule has 1 aliphatic heterocycles. The first-order valence-electron chi connectivity index (χ1n) is 7.99. The molecule has 1 heterocycles. The average molecular weight is 320 g/mol. The van der Waals surface area contributed by atoms with Gasteiger partial charge in [0.1, 0.15) is 12.4 Å². The Balaban J connectivity index is 1.83. The van der Waals surface area contributed by atoms with Gasteiger partial charge in [-0.2, -0.15) is 0 Å². The Bertz CT molecular complexity index is 601. The minimum absolute atomic E-state index is 0.134. The lowest BCUT2D eigenvalue weighted by atomic mass is 9.97. The molecule has 0 bridgehead atoms. The first kappa shape index (κ1) is 15.9. The number of likely N-dealkylation sites (N-methyl/N-ethyl adjacent to an activating group) is 1. The minimum atomic E-state index is -0.819. The maximum atomic E-state index is 13.6. The van der Waals surface area contributed by atoms with Crippen LogP contribution in [0.4, 0.5) is 4.39 Å². The number of hydrogen-bond donors (Lipinski definition) is 1. The van der Waals surface area contributed by atoms with E-state index in [4.69, 9.17) is 4.74 Å². The summed E-state index contributed by atoms with van der Waals surface area (Å²) >= 11 is 0. The lowest BCUT2D eigenvalue weighted by Crippen LogP contribution is -2.54. The van der Waals surface area contributed by atoms with Crippen molar-refractivity contribution in [2.45, 2.75) is 43.9 Å². The van der Waals surface area contributed by atoms with Crippen LogP contribution in [0, 0.1) is 5.82 Å². The number of ether oxygens (including phenoxy) is 1. The van der Waals surface area contributed by atoms with Crippen LogP contribution in [-0.2, 0) is 14.3 Å². The smallest absolute Gasteiger partial charge is 0.251 e. The van der Waals surface area contributed by atoms with Gasteiger partial charge in [0.15, 0.2) is 6.10 Å². The molecule has 1 aromatic carbocycles. The standard InChI is InChI=1S/C17H21FN2O3/c1-20-14(21)10-23-16(17(22)19-13-7-2-3-8-13)15(20)11-5-4-6-12(18)9-11/h4-6,9,13,15-16H,2-3,7-8,10H2,1H3,(H,19,22)/t15-,16-/m1/s1. The van der Waals surface area contributed by atoms with Crippen molar-refractivity contribution in [1.82, 2.24) is 10.2 Å². The molecule has 2 amide bonds. The fraction of sp³-hybridized carbons (Fsp3) is 0.529. The Labute approximate surface area is 134 Å². The van der Waals surface area contributed by atoms with Gasteiger partial charge in [-0.15, -0.1) is 0 Å². The Kier molecular flexibility index (Phi) is 4.61. The third-order valence-corrected chi connectivity index (χ3v) is 4.63. The first-order valence-corrected chi connectivity index (χ1v) is 7.99. The predicted molar refractivity (Wildman–Crippen MR) is 82.0 cm³/mol. The molecule has 0 spiro atoms. The van der Waals surface area contributed by atoms with Crippen molar-refractivity contribution >= 4 is 11.8 Å². The number of nitrogens with zero attached hydrogens (tertiary/aromatic N) is 1. The van der Waals surface area contributed by atoms with Crippen molar-refractivity contribution in [3.8, 4) is 0 Å². The van der Waals surface area contributed by atoms with Crippen LogP contribution in [0.15, 0.2) is 24.3 Å². The molecule has 23 heavy (non-hydrogen) atoms. The third kappa shape index (κ3) is 3.37. The third-order valence-electron chi connectivity index (χ3n) is 4.63. The van der Waals surface area contributed by atoms with Gasteiger partial charge in [0.2, 0.25) is 5.91 Å². The molecule has 3 rings (SSSR count). The fourth-order valence-electron chi connectivity index (χ4n) is 3.37. The summed E-state index contributed by atoms with van der Waals surface area (Å²) in [5.41, 5.74) is 0.562. The van der Waals surface area contributed by atoms with Crippen molar-refractivity contribution in [1.29, 1.82) is 0 Å². The van der Waals surface area contributed by atoms with Gasteiger partial charge in [-0.1, -0.05) is 25.0 Å². The summed E-state index contributed by atoms with van der Waals surface area (Å²) in [5, 5.41) is 3.00. The van der Waals surface area contributed by atoms with Crippen LogP contribution in [0.25, 0.3) is 0 Å². The number of carbonyl (C=O) groups is 2. The number of benzene rings is 1. The van der Waals surface area contributed by atoms with E-state index in [1.165, 1.54) is 17.0 Å². The summed E-state index contributed by atoms with van der Waals surface area (Å²) in [5.74, 6) is -0.849. The van der Waals surface area contributed by atoms with Crippen LogP contribution >= 0.6 is 0 Å². The summed E-state index contributed by atoms with van der Waals surface area (Å²) in [6, 6.07) is 5.52. The second-order valence-electron chi connectivity index (χ2n) is 6.23. The zero-order valence-electron chi connectivity index (χ0n) is 13.1. The molecule has 1 saturated heterocycles. The number of hydrogen-bond acceptors (Lipinski definition) is 3. The highest BCUT2D eigenvalue weighted by Crippen LogP contribution is 2.30. The maximum absolute atomic E-state index is 13.6. The zero-order chi connectivity index (χ0) is 16.4. The highest BCUT2D eigenvalue weighted by atomic mass is 19.1. The highest BCUT2D eigenvalue weighted by molar-refractivity contribution is 5.86. The molecule has 5 nitrogen and oxygen atoms in total. The molecule has 0 radical (unpaired) electrons. The molecule has 6 heteroatoms. The van der Waals surface area contributed by atoms with Crippen molar-refractivity contribution < 1.29 is 18.7 Å². The van der Waals surface area contributed by atoms with Gasteiger partial charge in [0, 0.05) is 13.1 Å². The van der Waals surface area contributed by atoms with Crippen LogP contribution in [0.5, 0.6) is 0 Å². The minimum Gasteiger partial charge on any atom is -0.356 e. The second-order valence-corrected chi connectivity index (χ2v) is 6.23. The number of halogens is 1. The largest absolute Gasteiger partial charge is 0.356 e. The summed E-state index contributed by atoms with van der Waals surface area (Å²) in [6.07, 6.45) is 3.35. The number of morpholine rings is 1. The summed E-state index contributed by atoms with van der Waals surface area (Å²) in [7, 11) is 1.62. The van der Waals surface area contributed by atoms with Crippen molar-refractivity contribution in [3.05, 3.63) is 35.6 Å². The lowest BCUT2D eigenvalue weighted by Gasteiger charge is -2.38. The molecular weight excluding hydrogens is 299 g/mol. The van der Waals surface area contributed by atoms with E-state index in [2.05, 4.69) is 5.32 Å². The van der Waals surface area contributed by atoms with Crippen LogP contribution in [0.3, 0.4) is 0 Å². The topological polar surface area (TPSA) is 58.6 Å². The van der Waals surface area contributed by atoms with Gasteiger partial charge < -0.3 is 15.0 Å². The lowest BCUT2D eigenvalue weighted by molar-refractivity contribution is -0.162. The van der Waals surface area contributed by atoms with E-state index >= 15 is 0 Å². The molecule has 2 aliphatic rings. The highest BCUT2D eigenvalue weighted by Gasteiger charge is 2.40. The zero-order valence-corrected chi connectivity index (χ0v) is 13.1. The van der Waals surface area contributed by atoms with Gasteiger partial charge in [-0.25, -0.2) is 4.39 Å². The molecule has 0 unspecified atom stereocenters. The molecular formula is C17H21FN2O3. The summed E-state index contributed by atoms with van der Waals surface area (Å²) in [4.78, 5) is 26.0. The molecule has 2 atom stereocenters. The quantitative estimate of drug-likeness (QED) is 0.923. The summed E-state index contributed by atoms with van der Waals surface area (Å²) < 4.78 is 19.1. The van der Waals surface area contributed by atoms with E-state index in [1.807, 2.05) is 0 Å². The normalized spacial score (nSPS) is 25.7. The van der Waals surface area contributed by atoms with Crippen LogP contribution in [-0.4, -0.2) is 42.5 Å². The van der Waals surface area contributed by atoms with E-state index in [0.717, 1.165) is 25.7 Å². The van der Waals surface area contributed by atoms with Gasteiger partial charge in [0.05, 0.1) is 6.04 Å². The molecule has 1 N–H and O–H groups in total. The second kappa shape index (κ2) is 6.66. The number of carbonyl (C=O) groups excluding carboxylic acids is 2. The van der Waals surface area contributed by atoms with Crippen molar-refractivity contribution in [2.75, 3.05) is 13.7 Å². The Morgan fingerprint density at radius 3 is 2.78 bits per heavy atom. The van der Waals surface area contributed by atoms with Gasteiger partial charge in [-0.05, 0) is 30.5 Å². The van der Waals surface area contributed by atoms with E-state index < -0.39 is 18.0 Å². The van der Waals surface area contributed by atoms with Gasteiger partial charge in [-0.3, -0.25) is 9.59 Å². The SMILES string of the molecule is CN1C(=O)CO[C@@H](C(=O)NC2CCCC2)[C@H]1c1cccc(F)c1. The van der Waals surface area contributed by atoms with E-state index in [-0.39, 0.29) is 24.5 Å². The number of amides is 2. The first-order chi connectivity index (χ1) is 11.1. The van der Waals surface area contributed by atoms with Gasteiger partial charge in [0.25, 0.3) is 5.91 Å². The number of rotatable bonds is 3. The van der Waals surface area contributed by atoms with Crippen molar-refractivity contribution in [2.24, 2.45) is 0 Å². The molecule has 1 saturated carbocycles. The fourth-order valence-corrected chi connectivity index (χ4v) is 3.37. The van der Waals surface area contributed by atoms with E-state index in [1.54, 1.807) is 19.2 Å². The Morgan fingerprint density at radius 1 is 1.35 bits per heavy atom. The maximum Gasteiger partial charge on any atom is 0.251 e. The van der Waals surface area contributed by atoms with E-state index in [0.29, 0.717) is 5.56 Å². The van der Waals surface area contributed by atoms with E-state index in [9.17, 15) is 14.0 Å². The average Bonchev–Trinajstić information content (AvgIpc) is 3.02. The van der Waals surface area contributed by atoms with Crippen molar-refractivity contribution in [3.63, 3.8) is 0 Å². The number of nitrogens with one attached hydrogen (secondary N) is 1. The summed E-state index contributed by atoms with van der Waals surface area (Å²) in [6.45, 7) is -0.134.